The van der Waals surface area contributed by atoms with Gasteiger partial charge in [-0.05, 0) is 58.4 Å². The van der Waals surface area contributed by atoms with E-state index < -0.39 is 0 Å². The number of nitrogens with one attached hydrogen (secondary N) is 2. The summed E-state index contributed by atoms with van der Waals surface area (Å²) in [6.45, 7) is 4.00. The molecule has 2 N–H and O–H groups in total. The molecule has 0 radical (unpaired) electrons. The molecule has 0 atom stereocenters. The third kappa shape index (κ3) is 3.37. The lowest BCUT2D eigenvalue weighted by Crippen LogP contribution is -2.20. The van der Waals surface area contributed by atoms with Crippen molar-refractivity contribution >= 4 is 44.1 Å². The SMILES string of the molecule is Cc1cc(C)c(NC(=O)Nc2cccc3ccccc23)c(Br)c1. The molecule has 0 aliphatic rings. The average molecular weight is 369 g/mol. The summed E-state index contributed by atoms with van der Waals surface area (Å²) in [5, 5.41) is 7.97. The van der Waals surface area contributed by atoms with E-state index in [0.29, 0.717) is 0 Å². The van der Waals surface area contributed by atoms with Gasteiger partial charge >= 0.3 is 6.03 Å². The topological polar surface area (TPSA) is 41.1 Å². The number of carbonyl (C=O) groups excluding carboxylic acids is 1. The Morgan fingerprint density at radius 1 is 0.957 bits per heavy atom. The van der Waals surface area contributed by atoms with Crippen molar-refractivity contribution < 1.29 is 4.79 Å². The molecule has 0 heterocycles. The summed E-state index contributed by atoms with van der Waals surface area (Å²) in [6, 6.07) is 17.6. The fourth-order valence-electron chi connectivity index (χ4n) is 2.68. The number of fused-ring (bicyclic) bond motifs is 1. The second kappa shape index (κ2) is 6.42. The minimum atomic E-state index is -0.256. The molecule has 4 heteroatoms. The number of anilines is 2. The van der Waals surface area contributed by atoms with Crippen molar-refractivity contribution in [1.82, 2.24) is 0 Å². The Labute approximate surface area is 143 Å². The van der Waals surface area contributed by atoms with Crippen LogP contribution in [0.4, 0.5) is 16.2 Å². The molecule has 0 bridgehead atoms. The average Bonchev–Trinajstić information content (AvgIpc) is 2.51. The van der Waals surface area contributed by atoms with Crippen molar-refractivity contribution in [2.24, 2.45) is 0 Å². The standard InChI is InChI=1S/C19H17BrN2O/c1-12-10-13(2)18(16(20)11-12)22-19(23)21-17-9-5-7-14-6-3-4-8-15(14)17/h3-11H,1-2H3,(H2,21,22,23). The summed E-state index contributed by atoms with van der Waals surface area (Å²) in [7, 11) is 0. The third-order valence-electron chi connectivity index (χ3n) is 3.71. The van der Waals surface area contributed by atoms with Crippen molar-refractivity contribution in [2.75, 3.05) is 10.6 Å². The molecular weight excluding hydrogens is 352 g/mol. The quantitative estimate of drug-likeness (QED) is 0.583. The van der Waals surface area contributed by atoms with E-state index in [0.717, 1.165) is 37.7 Å². The summed E-state index contributed by atoms with van der Waals surface area (Å²) in [4.78, 5) is 12.4. The summed E-state index contributed by atoms with van der Waals surface area (Å²) in [6.07, 6.45) is 0. The van der Waals surface area contributed by atoms with Gasteiger partial charge in [0.05, 0.1) is 11.4 Å². The van der Waals surface area contributed by atoms with E-state index in [9.17, 15) is 4.79 Å². The van der Waals surface area contributed by atoms with E-state index in [1.165, 1.54) is 0 Å². The van der Waals surface area contributed by atoms with Crippen LogP contribution in [0.1, 0.15) is 11.1 Å². The van der Waals surface area contributed by atoms with Gasteiger partial charge in [-0.15, -0.1) is 0 Å². The largest absolute Gasteiger partial charge is 0.323 e. The van der Waals surface area contributed by atoms with Crippen molar-refractivity contribution in [3.8, 4) is 0 Å². The maximum absolute atomic E-state index is 12.4. The van der Waals surface area contributed by atoms with Crippen LogP contribution < -0.4 is 10.6 Å². The highest BCUT2D eigenvalue weighted by molar-refractivity contribution is 9.10. The molecule has 0 aromatic heterocycles. The van der Waals surface area contributed by atoms with Gasteiger partial charge < -0.3 is 10.6 Å². The van der Waals surface area contributed by atoms with Crippen LogP contribution in [-0.4, -0.2) is 6.03 Å². The van der Waals surface area contributed by atoms with Crippen LogP contribution in [0.3, 0.4) is 0 Å². The van der Waals surface area contributed by atoms with Crippen molar-refractivity contribution in [3.63, 3.8) is 0 Å². The number of rotatable bonds is 2. The Kier molecular flexibility index (Phi) is 4.35. The molecule has 23 heavy (non-hydrogen) atoms. The zero-order valence-electron chi connectivity index (χ0n) is 13.0. The highest BCUT2D eigenvalue weighted by Gasteiger charge is 2.10. The summed E-state index contributed by atoms with van der Waals surface area (Å²) >= 11 is 3.51. The molecule has 2 amide bonds. The first-order chi connectivity index (χ1) is 11.0. The van der Waals surface area contributed by atoms with Gasteiger partial charge in [0.25, 0.3) is 0 Å². The van der Waals surface area contributed by atoms with E-state index in [-0.39, 0.29) is 6.03 Å². The van der Waals surface area contributed by atoms with Crippen molar-refractivity contribution in [3.05, 3.63) is 70.2 Å². The van der Waals surface area contributed by atoms with E-state index in [2.05, 4.69) is 26.6 Å². The third-order valence-corrected chi connectivity index (χ3v) is 4.33. The number of benzene rings is 3. The van der Waals surface area contributed by atoms with Crippen LogP contribution in [-0.2, 0) is 0 Å². The molecule has 0 unspecified atom stereocenters. The second-order valence-corrected chi connectivity index (χ2v) is 6.40. The number of urea groups is 1. The first-order valence-corrected chi connectivity index (χ1v) is 8.16. The molecule has 0 spiro atoms. The summed E-state index contributed by atoms with van der Waals surface area (Å²) in [5.74, 6) is 0. The molecule has 3 aromatic carbocycles. The summed E-state index contributed by atoms with van der Waals surface area (Å²) in [5.41, 5.74) is 3.74. The second-order valence-electron chi connectivity index (χ2n) is 5.54. The predicted octanol–water partition coefficient (Wildman–Crippen LogP) is 5.86. The Bertz CT molecular complexity index is 861. The lowest BCUT2D eigenvalue weighted by Gasteiger charge is -2.13. The molecular formula is C19H17BrN2O. The molecule has 0 fully saturated rings. The molecule has 3 aromatic rings. The lowest BCUT2D eigenvalue weighted by molar-refractivity contribution is 0.262. The number of carbonyl (C=O) groups is 1. The van der Waals surface area contributed by atoms with Gasteiger partial charge in [-0.2, -0.15) is 0 Å². The maximum Gasteiger partial charge on any atom is 0.323 e. The molecule has 0 saturated carbocycles. The van der Waals surface area contributed by atoms with E-state index in [4.69, 9.17) is 0 Å². The molecule has 3 nitrogen and oxygen atoms in total. The molecule has 0 aliphatic heterocycles. The van der Waals surface area contributed by atoms with Crippen LogP contribution in [0, 0.1) is 13.8 Å². The number of hydrogen-bond acceptors (Lipinski definition) is 1. The van der Waals surface area contributed by atoms with Gasteiger partial charge in [0.2, 0.25) is 0 Å². The van der Waals surface area contributed by atoms with Crippen molar-refractivity contribution in [2.45, 2.75) is 13.8 Å². The predicted molar refractivity (Wildman–Crippen MR) is 100 cm³/mol. The van der Waals surface area contributed by atoms with Crippen molar-refractivity contribution in [1.29, 1.82) is 0 Å². The Morgan fingerprint density at radius 2 is 1.70 bits per heavy atom. The smallest absolute Gasteiger partial charge is 0.307 e. The Balaban J connectivity index is 1.85. The van der Waals surface area contributed by atoms with Gasteiger partial charge in [0.1, 0.15) is 0 Å². The number of amides is 2. The zero-order chi connectivity index (χ0) is 16.4. The van der Waals surface area contributed by atoms with E-state index in [1.807, 2.05) is 68.4 Å². The normalized spacial score (nSPS) is 10.6. The first-order valence-electron chi connectivity index (χ1n) is 7.37. The van der Waals surface area contributed by atoms with Crippen LogP contribution in [0.5, 0.6) is 0 Å². The Hall–Kier alpha value is -2.33. The fourth-order valence-corrected chi connectivity index (χ4v) is 3.45. The highest BCUT2D eigenvalue weighted by Crippen LogP contribution is 2.28. The van der Waals surface area contributed by atoms with Crippen LogP contribution in [0.2, 0.25) is 0 Å². The maximum atomic E-state index is 12.4. The van der Waals surface area contributed by atoms with Gasteiger partial charge in [-0.25, -0.2) is 4.79 Å². The molecule has 3 rings (SSSR count). The van der Waals surface area contributed by atoms with Crippen LogP contribution in [0.15, 0.2) is 59.1 Å². The molecule has 0 saturated heterocycles. The first kappa shape index (κ1) is 15.6. The van der Waals surface area contributed by atoms with Gasteiger partial charge in [0.15, 0.2) is 0 Å². The van der Waals surface area contributed by atoms with Crippen LogP contribution in [0.25, 0.3) is 10.8 Å². The van der Waals surface area contributed by atoms with Gasteiger partial charge in [-0.1, -0.05) is 42.5 Å². The monoisotopic (exact) mass is 368 g/mol. The van der Waals surface area contributed by atoms with E-state index in [1.54, 1.807) is 0 Å². The number of hydrogen-bond donors (Lipinski definition) is 2. The molecule has 116 valence electrons. The summed E-state index contributed by atoms with van der Waals surface area (Å²) < 4.78 is 0.878. The zero-order valence-corrected chi connectivity index (χ0v) is 14.6. The van der Waals surface area contributed by atoms with E-state index >= 15 is 0 Å². The van der Waals surface area contributed by atoms with Gasteiger partial charge in [-0.3, -0.25) is 0 Å². The number of aryl methyl sites for hydroxylation is 2. The van der Waals surface area contributed by atoms with Crippen LogP contribution >= 0.6 is 15.9 Å². The minimum Gasteiger partial charge on any atom is -0.307 e. The lowest BCUT2D eigenvalue weighted by atomic mass is 10.1. The number of halogens is 1. The molecule has 0 aliphatic carbocycles. The fraction of sp³-hybridized carbons (Fsp3) is 0.105. The minimum absolute atomic E-state index is 0.256. The van der Waals surface area contributed by atoms with Gasteiger partial charge in [0, 0.05) is 9.86 Å². The highest BCUT2D eigenvalue weighted by atomic mass is 79.9. The Morgan fingerprint density at radius 3 is 2.48 bits per heavy atom.